The van der Waals surface area contributed by atoms with E-state index >= 15 is 0 Å². The van der Waals surface area contributed by atoms with E-state index in [1.165, 1.54) is 6.92 Å². The van der Waals surface area contributed by atoms with Crippen LogP contribution in [0.5, 0.6) is 0 Å². The number of hydrogen-bond donors (Lipinski definition) is 5. The Morgan fingerprint density at radius 2 is 1.36 bits per heavy atom. The van der Waals surface area contributed by atoms with Gasteiger partial charge in [-0.2, -0.15) is 0 Å². The molecule has 0 saturated heterocycles. The summed E-state index contributed by atoms with van der Waals surface area (Å²) in [6, 6.07) is 0. The first kappa shape index (κ1) is 13.5. The summed E-state index contributed by atoms with van der Waals surface area (Å²) in [7, 11) is 0. The number of carbonyl (C=O) groups is 1. The molecule has 14 heavy (non-hydrogen) atoms. The molecule has 0 spiro atoms. The lowest BCUT2D eigenvalue weighted by Crippen LogP contribution is -2.50. The van der Waals surface area contributed by atoms with E-state index in [-0.39, 0.29) is 0 Å². The van der Waals surface area contributed by atoms with Gasteiger partial charge in [-0.3, -0.25) is 4.79 Å². The summed E-state index contributed by atoms with van der Waals surface area (Å²) >= 11 is 0. The van der Waals surface area contributed by atoms with Gasteiger partial charge in [0.25, 0.3) is 0 Å². The van der Waals surface area contributed by atoms with Gasteiger partial charge in [0.2, 0.25) is 0 Å². The van der Waals surface area contributed by atoms with E-state index in [1.54, 1.807) is 0 Å². The van der Waals surface area contributed by atoms with Crippen molar-refractivity contribution in [2.75, 3.05) is 0 Å². The van der Waals surface area contributed by atoms with Crippen molar-refractivity contribution in [3.05, 3.63) is 0 Å². The number of aliphatic hydroxyl groups excluding tert-OH is 5. The van der Waals surface area contributed by atoms with Crippen LogP contribution in [0.25, 0.3) is 0 Å². The van der Waals surface area contributed by atoms with Crippen LogP contribution in [0.2, 0.25) is 0 Å². The van der Waals surface area contributed by atoms with Crippen LogP contribution in [-0.4, -0.2) is 61.8 Å². The van der Waals surface area contributed by atoms with Gasteiger partial charge in [0.1, 0.15) is 24.4 Å². The Kier molecular flexibility index (Phi) is 5.17. The van der Waals surface area contributed by atoms with Gasteiger partial charge in [-0.1, -0.05) is 0 Å². The van der Waals surface area contributed by atoms with E-state index < -0.39 is 36.3 Å². The van der Waals surface area contributed by atoms with Gasteiger partial charge in [0.05, 0.1) is 6.10 Å². The topological polar surface area (TPSA) is 118 Å². The molecule has 0 aromatic heterocycles. The molecule has 0 amide bonds. The maximum atomic E-state index is 10.6. The molecule has 5 N–H and O–H groups in total. The molecule has 84 valence electrons. The third kappa shape index (κ3) is 3.32. The van der Waals surface area contributed by atoms with E-state index in [4.69, 9.17) is 15.3 Å². The summed E-state index contributed by atoms with van der Waals surface area (Å²) in [5.74, 6) is -0.727. The molecule has 1 unspecified atom stereocenters. The zero-order valence-electron chi connectivity index (χ0n) is 8.03. The molecule has 0 aliphatic carbocycles. The molecule has 0 aliphatic heterocycles. The van der Waals surface area contributed by atoms with Crippen LogP contribution in [0.15, 0.2) is 0 Å². The third-order valence-electron chi connectivity index (χ3n) is 1.93. The largest absolute Gasteiger partial charge is 0.391 e. The number of carbonyl (C=O) groups excluding carboxylic acids is 1. The van der Waals surface area contributed by atoms with Crippen LogP contribution < -0.4 is 0 Å². The first-order valence-electron chi connectivity index (χ1n) is 4.19. The summed E-state index contributed by atoms with van der Waals surface area (Å²) in [4.78, 5) is 10.6. The predicted molar refractivity (Wildman–Crippen MR) is 46.4 cm³/mol. The van der Waals surface area contributed by atoms with Gasteiger partial charge in [-0.15, -0.1) is 0 Å². The lowest BCUT2D eigenvalue weighted by atomic mass is 9.98. The summed E-state index contributed by atoms with van der Waals surface area (Å²) in [5.41, 5.74) is 0. The van der Waals surface area contributed by atoms with Crippen LogP contribution in [0.1, 0.15) is 13.8 Å². The maximum Gasteiger partial charge on any atom is 0.160 e. The van der Waals surface area contributed by atoms with Gasteiger partial charge >= 0.3 is 0 Å². The molecule has 6 nitrogen and oxygen atoms in total. The number of Topliss-reactive ketones (excluding diaryl/α,β-unsaturated/α-hetero) is 1. The minimum atomic E-state index is -1.81. The van der Waals surface area contributed by atoms with Gasteiger partial charge in [0.15, 0.2) is 5.78 Å². The predicted octanol–water partition coefficient (Wildman–Crippen LogP) is -2.60. The fraction of sp³-hybridized carbons (Fsp3) is 0.875. The summed E-state index contributed by atoms with van der Waals surface area (Å²) < 4.78 is 0. The van der Waals surface area contributed by atoms with Crippen LogP contribution in [-0.2, 0) is 4.79 Å². The summed E-state index contributed by atoms with van der Waals surface area (Å²) in [5, 5.41) is 45.4. The molecule has 0 heterocycles. The van der Waals surface area contributed by atoms with E-state index in [1.807, 2.05) is 0 Å². The molecule has 0 aliphatic rings. The van der Waals surface area contributed by atoms with Crippen molar-refractivity contribution < 1.29 is 30.3 Å². The Hall–Kier alpha value is -0.530. The van der Waals surface area contributed by atoms with Gasteiger partial charge < -0.3 is 25.5 Å². The van der Waals surface area contributed by atoms with E-state index in [2.05, 4.69) is 0 Å². The lowest BCUT2D eigenvalue weighted by Gasteiger charge is -2.26. The van der Waals surface area contributed by atoms with Crippen molar-refractivity contribution in [1.29, 1.82) is 0 Å². The molecule has 0 rings (SSSR count). The zero-order valence-corrected chi connectivity index (χ0v) is 8.03. The highest BCUT2D eigenvalue weighted by atomic mass is 16.4. The fourth-order valence-corrected chi connectivity index (χ4v) is 0.915. The smallest absolute Gasteiger partial charge is 0.160 e. The zero-order chi connectivity index (χ0) is 11.5. The maximum absolute atomic E-state index is 10.6. The van der Waals surface area contributed by atoms with Crippen molar-refractivity contribution in [1.82, 2.24) is 0 Å². The van der Waals surface area contributed by atoms with Crippen LogP contribution in [0, 0.1) is 0 Å². The molecule has 0 radical (unpaired) electrons. The molecule has 0 saturated carbocycles. The minimum Gasteiger partial charge on any atom is -0.391 e. The van der Waals surface area contributed by atoms with Gasteiger partial charge in [-0.05, 0) is 13.8 Å². The average Bonchev–Trinajstić information content (AvgIpc) is 2.12. The summed E-state index contributed by atoms with van der Waals surface area (Å²) in [6.45, 7) is 2.25. The van der Waals surface area contributed by atoms with Crippen molar-refractivity contribution >= 4 is 5.78 Å². The van der Waals surface area contributed by atoms with Crippen molar-refractivity contribution in [2.24, 2.45) is 0 Å². The van der Waals surface area contributed by atoms with Crippen LogP contribution >= 0.6 is 0 Å². The number of hydrogen-bond acceptors (Lipinski definition) is 6. The molecule has 0 aromatic rings. The Labute approximate surface area is 81.4 Å². The quantitative estimate of drug-likeness (QED) is 0.338. The number of ketones is 1. The number of rotatable bonds is 5. The Morgan fingerprint density at radius 3 is 1.64 bits per heavy atom. The second-order valence-electron chi connectivity index (χ2n) is 3.27. The van der Waals surface area contributed by atoms with Crippen LogP contribution in [0.3, 0.4) is 0 Å². The van der Waals surface area contributed by atoms with E-state index in [0.717, 1.165) is 6.92 Å². The molecular weight excluding hydrogens is 192 g/mol. The molecule has 6 heteroatoms. The molecule has 5 atom stereocenters. The highest BCUT2D eigenvalue weighted by Crippen LogP contribution is 2.08. The molecule has 0 fully saturated rings. The Bertz CT molecular complexity index is 192. The summed E-state index contributed by atoms with van der Waals surface area (Å²) in [6.07, 6.45) is -8.22. The first-order valence-corrected chi connectivity index (χ1v) is 4.19. The highest BCUT2D eigenvalue weighted by Gasteiger charge is 2.34. The molecule has 0 bridgehead atoms. The van der Waals surface area contributed by atoms with Crippen molar-refractivity contribution in [3.8, 4) is 0 Å². The molecular formula is C8H16O6. The lowest BCUT2D eigenvalue weighted by molar-refractivity contribution is -0.150. The van der Waals surface area contributed by atoms with E-state index in [0.29, 0.717) is 0 Å². The van der Waals surface area contributed by atoms with Crippen molar-refractivity contribution in [2.45, 2.75) is 44.4 Å². The SMILES string of the molecule is CC(=O)[C@H](O)[C@@H](O)[C@H](O)[C@H](O)C(C)O. The number of aliphatic hydroxyl groups is 5. The van der Waals surface area contributed by atoms with Gasteiger partial charge in [-0.25, -0.2) is 0 Å². The normalized spacial score (nSPS) is 22.2. The second kappa shape index (κ2) is 5.38. The monoisotopic (exact) mass is 208 g/mol. The van der Waals surface area contributed by atoms with Crippen molar-refractivity contribution in [3.63, 3.8) is 0 Å². The third-order valence-corrected chi connectivity index (χ3v) is 1.93. The Morgan fingerprint density at radius 1 is 0.929 bits per heavy atom. The average molecular weight is 208 g/mol. The second-order valence-corrected chi connectivity index (χ2v) is 3.27. The Balaban J connectivity index is 4.37. The first-order chi connectivity index (χ1) is 6.29. The van der Waals surface area contributed by atoms with E-state index in [9.17, 15) is 15.0 Å². The van der Waals surface area contributed by atoms with Crippen LogP contribution in [0.4, 0.5) is 0 Å². The fourth-order valence-electron chi connectivity index (χ4n) is 0.915. The highest BCUT2D eigenvalue weighted by molar-refractivity contribution is 5.80. The molecule has 0 aromatic carbocycles. The standard InChI is InChI=1S/C8H16O6/c1-3(9)5(11)7(13)8(14)6(12)4(2)10/h3,5-9,11-14H,1-2H3/t3?,5-,6+,7-,8-/m1/s1. The minimum absolute atomic E-state index is 0.727. The van der Waals surface area contributed by atoms with Gasteiger partial charge in [0, 0.05) is 0 Å².